The van der Waals surface area contributed by atoms with Crippen LogP contribution in [-0.2, 0) is 0 Å². The minimum absolute atomic E-state index is 0.221. The monoisotopic (exact) mass is 189 g/mol. The van der Waals surface area contributed by atoms with E-state index in [1.54, 1.807) is 0 Å². The molecule has 1 nitrogen and oxygen atoms in total. The fourth-order valence-electron chi connectivity index (χ4n) is 2.54. The van der Waals surface area contributed by atoms with Crippen LogP contribution >= 0.6 is 0 Å². The highest BCUT2D eigenvalue weighted by atomic mass is 14.9. The molecular formula is C13H19N. The van der Waals surface area contributed by atoms with Crippen molar-refractivity contribution < 1.29 is 0 Å². The van der Waals surface area contributed by atoms with E-state index >= 15 is 0 Å². The van der Waals surface area contributed by atoms with E-state index in [9.17, 15) is 0 Å². The summed E-state index contributed by atoms with van der Waals surface area (Å²) in [6.45, 7) is 9.07. The molecule has 0 N–H and O–H groups in total. The van der Waals surface area contributed by atoms with Crippen molar-refractivity contribution in [1.29, 1.82) is 0 Å². The number of hydrogen-bond acceptors (Lipinski definition) is 1. The first-order valence-electron chi connectivity index (χ1n) is 5.43. The van der Waals surface area contributed by atoms with Crippen LogP contribution in [0.15, 0.2) is 29.3 Å². The molecule has 0 spiro atoms. The van der Waals surface area contributed by atoms with Gasteiger partial charge in [0.05, 0.1) is 6.04 Å². The van der Waals surface area contributed by atoms with E-state index in [0.717, 1.165) is 0 Å². The second kappa shape index (κ2) is 3.08. The van der Waals surface area contributed by atoms with E-state index < -0.39 is 0 Å². The molecule has 0 aromatic carbocycles. The van der Waals surface area contributed by atoms with Gasteiger partial charge in [-0.2, -0.15) is 0 Å². The molecular weight excluding hydrogens is 170 g/mol. The maximum absolute atomic E-state index is 4.84. The van der Waals surface area contributed by atoms with E-state index in [0.29, 0.717) is 17.9 Å². The smallest absolute Gasteiger partial charge is 0.0751 e. The van der Waals surface area contributed by atoms with E-state index in [1.165, 1.54) is 5.71 Å². The van der Waals surface area contributed by atoms with Gasteiger partial charge in [0.1, 0.15) is 0 Å². The van der Waals surface area contributed by atoms with Gasteiger partial charge in [0.15, 0.2) is 0 Å². The van der Waals surface area contributed by atoms with Gasteiger partial charge in [0.2, 0.25) is 0 Å². The first-order chi connectivity index (χ1) is 6.50. The van der Waals surface area contributed by atoms with Crippen molar-refractivity contribution in [3.8, 4) is 0 Å². The van der Waals surface area contributed by atoms with Crippen LogP contribution in [0.1, 0.15) is 27.7 Å². The summed E-state index contributed by atoms with van der Waals surface area (Å²) in [5.74, 6) is 1.20. The van der Waals surface area contributed by atoms with E-state index in [4.69, 9.17) is 4.99 Å². The second-order valence-electron chi connectivity index (χ2n) is 5.39. The molecule has 2 aliphatic rings. The lowest BCUT2D eigenvalue weighted by Crippen LogP contribution is -2.27. The van der Waals surface area contributed by atoms with Gasteiger partial charge < -0.3 is 0 Å². The van der Waals surface area contributed by atoms with E-state index in [2.05, 4.69) is 52.0 Å². The zero-order valence-electron chi connectivity index (χ0n) is 9.49. The van der Waals surface area contributed by atoms with Gasteiger partial charge in [-0.25, -0.2) is 0 Å². The molecule has 2 rings (SSSR count). The molecule has 1 heteroatoms. The van der Waals surface area contributed by atoms with Crippen molar-refractivity contribution in [2.24, 2.45) is 22.2 Å². The van der Waals surface area contributed by atoms with E-state index in [-0.39, 0.29) is 5.41 Å². The zero-order chi connectivity index (χ0) is 10.3. The Balaban J connectivity index is 2.30. The Morgan fingerprint density at radius 3 is 2.36 bits per heavy atom. The number of hydrogen-bond donors (Lipinski definition) is 0. The van der Waals surface area contributed by atoms with Crippen LogP contribution in [0.25, 0.3) is 0 Å². The molecule has 1 heterocycles. The highest BCUT2D eigenvalue weighted by Crippen LogP contribution is 2.37. The summed E-state index contributed by atoms with van der Waals surface area (Å²) in [5, 5.41) is 0. The number of nitrogens with zero attached hydrogens (tertiary/aromatic N) is 1. The Morgan fingerprint density at radius 2 is 1.79 bits per heavy atom. The zero-order valence-corrected chi connectivity index (χ0v) is 9.49. The predicted octanol–water partition coefficient (Wildman–Crippen LogP) is 3.23. The minimum atomic E-state index is 0.221. The van der Waals surface area contributed by atoms with E-state index in [1.807, 2.05) is 0 Å². The largest absolute Gasteiger partial charge is 0.285 e. The van der Waals surface area contributed by atoms with Gasteiger partial charge in [-0.15, -0.1) is 0 Å². The first kappa shape index (κ1) is 9.70. The molecule has 0 saturated carbocycles. The lowest BCUT2D eigenvalue weighted by atomic mass is 9.77. The summed E-state index contributed by atoms with van der Waals surface area (Å²) < 4.78 is 0. The quantitative estimate of drug-likeness (QED) is 0.555. The van der Waals surface area contributed by atoms with Crippen LogP contribution in [-0.4, -0.2) is 11.8 Å². The van der Waals surface area contributed by atoms with Gasteiger partial charge in [0, 0.05) is 23.0 Å². The van der Waals surface area contributed by atoms with Crippen molar-refractivity contribution in [3.05, 3.63) is 24.3 Å². The maximum Gasteiger partial charge on any atom is 0.0751 e. The lowest BCUT2D eigenvalue weighted by molar-refractivity contribution is 0.496. The Hall–Kier alpha value is -0.850. The Kier molecular flexibility index (Phi) is 2.13. The Bertz CT molecular complexity index is 315. The normalized spacial score (nSPS) is 35.7. The third-order valence-corrected chi connectivity index (χ3v) is 3.21. The van der Waals surface area contributed by atoms with Gasteiger partial charge >= 0.3 is 0 Å². The molecule has 0 bridgehead atoms. The Morgan fingerprint density at radius 1 is 1.14 bits per heavy atom. The van der Waals surface area contributed by atoms with Crippen LogP contribution < -0.4 is 0 Å². The molecule has 0 radical (unpaired) electrons. The summed E-state index contributed by atoms with van der Waals surface area (Å²) in [7, 11) is 0. The molecule has 3 unspecified atom stereocenters. The third-order valence-electron chi connectivity index (χ3n) is 3.21. The molecule has 0 amide bonds. The van der Waals surface area contributed by atoms with Crippen LogP contribution in [0.5, 0.6) is 0 Å². The summed E-state index contributed by atoms with van der Waals surface area (Å²) in [6.07, 6.45) is 8.79. The molecule has 3 atom stereocenters. The minimum Gasteiger partial charge on any atom is -0.285 e. The summed E-state index contributed by atoms with van der Waals surface area (Å²) in [5.41, 5.74) is 1.60. The van der Waals surface area contributed by atoms with Gasteiger partial charge in [0.25, 0.3) is 0 Å². The van der Waals surface area contributed by atoms with Crippen molar-refractivity contribution in [2.75, 3.05) is 0 Å². The molecule has 14 heavy (non-hydrogen) atoms. The van der Waals surface area contributed by atoms with Crippen molar-refractivity contribution in [3.63, 3.8) is 0 Å². The highest BCUT2D eigenvalue weighted by molar-refractivity contribution is 5.93. The molecule has 76 valence electrons. The third kappa shape index (κ3) is 1.45. The molecule has 1 aliphatic carbocycles. The summed E-state index contributed by atoms with van der Waals surface area (Å²) >= 11 is 0. The molecule has 0 saturated heterocycles. The van der Waals surface area contributed by atoms with Gasteiger partial charge in [-0.3, -0.25) is 4.99 Å². The van der Waals surface area contributed by atoms with Crippen molar-refractivity contribution >= 4 is 5.71 Å². The average Bonchev–Trinajstić information content (AvgIpc) is 2.44. The Labute approximate surface area is 86.6 Å². The predicted molar refractivity (Wildman–Crippen MR) is 61.6 cm³/mol. The standard InChI is InChI=1S/C13H19N/c1-9-10-7-5-6-8-11(10)14-12(9)13(2,3)4/h5-11H,1-4H3. The van der Waals surface area contributed by atoms with Crippen LogP contribution in [0.2, 0.25) is 0 Å². The van der Waals surface area contributed by atoms with Crippen molar-refractivity contribution in [1.82, 2.24) is 0 Å². The summed E-state index contributed by atoms with van der Waals surface area (Å²) in [6, 6.07) is 0.407. The fourth-order valence-corrected chi connectivity index (χ4v) is 2.54. The van der Waals surface area contributed by atoms with Crippen molar-refractivity contribution in [2.45, 2.75) is 33.7 Å². The average molecular weight is 189 g/mol. The highest BCUT2D eigenvalue weighted by Gasteiger charge is 2.38. The first-order valence-corrected chi connectivity index (χ1v) is 5.43. The molecule has 0 fully saturated rings. The lowest BCUT2D eigenvalue weighted by Gasteiger charge is -2.25. The summed E-state index contributed by atoms with van der Waals surface area (Å²) in [4.78, 5) is 4.84. The van der Waals surface area contributed by atoms with Crippen LogP contribution in [0, 0.1) is 17.3 Å². The molecule has 0 aromatic heterocycles. The number of fused-ring (bicyclic) bond motifs is 1. The number of rotatable bonds is 0. The molecule has 0 aromatic rings. The van der Waals surface area contributed by atoms with Crippen LogP contribution in [0.3, 0.4) is 0 Å². The topological polar surface area (TPSA) is 12.4 Å². The second-order valence-corrected chi connectivity index (χ2v) is 5.39. The van der Waals surface area contributed by atoms with Gasteiger partial charge in [-0.05, 0) is 0 Å². The number of allylic oxidation sites excluding steroid dienone is 2. The fraction of sp³-hybridized carbons (Fsp3) is 0.615. The molecule has 1 aliphatic heterocycles. The SMILES string of the molecule is CC1C(C(C)(C)C)=NC2C=CC=CC21. The van der Waals surface area contributed by atoms with Crippen LogP contribution in [0.4, 0.5) is 0 Å². The van der Waals surface area contributed by atoms with Gasteiger partial charge in [-0.1, -0.05) is 52.0 Å². The maximum atomic E-state index is 4.84. The number of aliphatic imine (C=N–C) groups is 1.